The molecule has 1 unspecified atom stereocenters. The van der Waals surface area contributed by atoms with E-state index in [1.165, 1.54) is 35.4 Å². The second kappa shape index (κ2) is 19.6. The molecule has 0 aliphatic carbocycles. The highest BCUT2D eigenvalue weighted by atomic mass is 35.5. The van der Waals surface area contributed by atoms with E-state index >= 15 is 8.78 Å². The van der Waals surface area contributed by atoms with Gasteiger partial charge in [-0.1, -0.05) is 36.4 Å². The minimum absolute atomic E-state index is 0.0193. The Bertz CT molecular complexity index is 2550. The highest BCUT2D eigenvalue weighted by Crippen LogP contribution is 2.42. The maximum Gasteiger partial charge on any atom is 0.255 e. The van der Waals surface area contributed by atoms with Crippen LogP contribution in [0.4, 0.5) is 13.2 Å². The number of ether oxygens (including phenoxy) is 1. The van der Waals surface area contributed by atoms with Gasteiger partial charge in [0, 0.05) is 87.6 Å². The summed E-state index contributed by atoms with van der Waals surface area (Å²) in [6, 6.07) is 7.86. The van der Waals surface area contributed by atoms with Crippen molar-refractivity contribution < 1.29 is 37.1 Å². The fourth-order valence-corrected chi connectivity index (χ4v) is 9.69. The van der Waals surface area contributed by atoms with Gasteiger partial charge in [-0.05, 0) is 92.2 Å². The molecule has 4 aromatic rings. The number of amidine groups is 1. The van der Waals surface area contributed by atoms with Crippen molar-refractivity contribution in [2.24, 2.45) is 4.99 Å². The van der Waals surface area contributed by atoms with E-state index in [0.29, 0.717) is 69.2 Å². The Hall–Kier alpha value is -6.07. The smallest absolute Gasteiger partial charge is 0.255 e. The number of likely N-dealkylation sites (tertiary alicyclic amines) is 1. The molecule has 1 N–H and O–H groups in total. The van der Waals surface area contributed by atoms with Crippen LogP contribution in [0.5, 0.6) is 5.75 Å². The fraction of sp³-hybridized carbons (Fsp3) is 0.426. The molecule has 14 nitrogen and oxygen atoms in total. The molecule has 8 rings (SSSR count). The third-order valence-corrected chi connectivity index (χ3v) is 13.2. The summed E-state index contributed by atoms with van der Waals surface area (Å²) in [6.45, 7) is 12.2. The van der Waals surface area contributed by atoms with E-state index < -0.39 is 29.4 Å². The number of amides is 4. The number of piperidine rings is 2. The van der Waals surface area contributed by atoms with Gasteiger partial charge in [0.15, 0.2) is 0 Å². The van der Waals surface area contributed by atoms with Crippen LogP contribution in [0.15, 0.2) is 60.4 Å². The number of carbonyl (C=O) groups is 4. The summed E-state index contributed by atoms with van der Waals surface area (Å²) in [7, 11) is 0. The first-order valence-corrected chi connectivity index (χ1v) is 22.4. The van der Waals surface area contributed by atoms with E-state index in [4.69, 9.17) is 16.3 Å². The van der Waals surface area contributed by atoms with E-state index in [1.807, 2.05) is 18.0 Å². The van der Waals surface area contributed by atoms with Crippen LogP contribution < -0.4 is 10.1 Å². The Kier molecular flexibility index (Phi) is 13.7. The lowest BCUT2D eigenvalue weighted by atomic mass is 9.85. The van der Waals surface area contributed by atoms with E-state index in [0.717, 1.165) is 37.1 Å². The third-order valence-electron chi connectivity index (χ3n) is 12.9. The molecule has 0 saturated carbocycles. The summed E-state index contributed by atoms with van der Waals surface area (Å²) in [5.74, 6) is -2.46. The number of nitrogens with zero attached hydrogens (tertiary/aromatic N) is 8. The van der Waals surface area contributed by atoms with Crippen molar-refractivity contribution in [2.75, 3.05) is 52.4 Å². The summed E-state index contributed by atoms with van der Waals surface area (Å²) < 4.78 is 54.9. The van der Waals surface area contributed by atoms with Crippen molar-refractivity contribution in [3.05, 3.63) is 111 Å². The second-order valence-electron chi connectivity index (χ2n) is 16.8. The standard InChI is InChI=1S/C47H51ClF3N9O5/c1-4-41(62)57-17-19-58(20-18-57)45(52-5-2)32-25-36(48)42(44(51)28(32)3)43-37(50)7-6-8-39(43)65-22-13-31-26-59(55-54-31)21-16-56-14-11-29(12-15-56)33-23-30(49)24-34-35(33)27-60(47(34)64)38-9-10-40(61)53-46(38)63/h5-8,23-26,29,38H,2,4,9-22,27H2,1,3H3,(H,53,61,63). The number of halogens is 4. The number of hydrogen-bond donors (Lipinski definition) is 1. The molecule has 4 aliphatic heterocycles. The predicted octanol–water partition coefficient (Wildman–Crippen LogP) is 6.03. The van der Waals surface area contributed by atoms with Gasteiger partial charge in [0.25, 0.3) is 5.91 Å². The Morgan fingerprint density at radius 2 is 1.75 bits per heavy atom. The minimum Gasteiger partial charge on any atom is -0.492 e. The molecule has 0 radical (unpaired) electrons. The Morgan fingerprint density at radius 3 is 2.48 bits per heavy atom. The van der Waals surface area contributed by atoms with Crippen LogP contribution in [0.2, 0.25) is 5.02 Å². The molecule has 4 amide bonds. The fourth-order valence-electron chi connectivity index (χ4n) is 9.40. The Balaban J connectivity index is 0.859. The van der Waals surface area contributed by atoms with Crippen molar-refractivity contribution in [1.82, 2.24) is 39.9 Å². The van der Waals surface area contributed by atoms with Gasteiger partial charge in [-0.2, -0.15) is 0 Å². The number of aromatic nitrogens is 3. The van der Waals surface area contributed by atoms with Crippen LogP contribution in [-0.4, -0.2) is 123 Å². The zero-order chi connectivity index (χ0) is 45.9. The predicted molar refractivity (Wildman–Crippen MR) is 237 cm³/mol. The average Bonchev–Trinajstić information content (AvgIpc) is 3.90. The molecule has 1 aromatic heterocycles. The van der Waals surface area contributed by atoms with Gasteiger partial charge in [0.1, 0.15) is 35.1 Å². The van der Waals surface area contributed by atoms with Crippen LogP contribution in [-0.2, 0) is 33.9 Å². The average molecular weight is 914 g/mol. The summed E-state index contributed by atoms with van der Waals surface area (Å²) >= 11 is 6.79. The van der Waals surface area contributed by atoms with Crippen LogP contribution in [0, 0.1) is 24.4 Å². The molecule has 0 bridgehead atoms. The lowest BCUT2D eigenvalue weighted by Crippen LogP contribution is -2.52. The van der Waals surface area contributed by atoms with Crippen LogP contribution >= 0.6 is 11.6 Å². The summed E-state index contributed by atoms with van der Waals surface area (Å²) in [5, 5.41) is 10.9. The van der Waals surface area contributed by atoms with Crippen molar-refractivity contribution in [3.8, 4) is 16.9 Å². The molecule has 4 aliphatic rings. The lowest BCUT2D eigenvalue weighted by Gasteiger charge is -2.37. The molecule has 3 fully saturated rings. The van der Waals surface area contributed by atoms with Crippen molar-refractivity contribution in [3.63, 3.8) is 0 Å². The van der Waals surface area contributed by atoms with E-state index in [-0.39, 0.29) is 82.7 Å². The summed E-state index contributed by atoms with van der Waals surface area (Å²) in [4.78, 5) is 61.9. The largest absolute Gasteiger partial charge is 0.492 e. The number of carbonyl (C=O) groups excluding carboxylic acids is 4. The van der Waals surface area contributed by atoms with Crippen LogP contribution in [0.3, 0.4) is 0 Å². The maximum absolute atomic E-state index is 16.5. The molecule has 5 heterocycles. The molecule has 0 spiro atoms. The zero-order valence-corrected chi connectivity index (χ0v) is 37.2. The van der Waals surface area contributed by atoms with Crippen molar-refractivity contribution in [2.45, 2.75) is 77.4 Å². The van der Waals surface area contributed by atoms with Gasteiger partial charge in [-0.3, -0.25) is 29.2 Å². The highest BCUT2D eigenvalue weighted by Gasteiger charge is 2.41. The first-order valence-electron chi connectivity index (χ1n) is 22.1. The lowest BCUT2D eigenvalue weighted by molar-refractivity contribution is -0.137. The topological polar surface area (TPSA) is 146 Å². The van der Waals surface area contributed by atoms with Gasteiger partial charge in [0.2, 0.25) is 17.7 Å². The summed E-state index contributed by atoms with van der Waals surface area (Å²) in [5.41, 5.74) is 2.92. The van der Waals surface area contributed by atoms with E-state index in [1.54, 1.807) is 28.6 Å². The van der Waals surface area contributed by atoms with Gasteiger partial charge >= 0.3 is 0 Å². The Morgan fingerprint density at radius 1 is 1.00 bits per heavy atom. The van der Waals surface area contributed by atoms with Gasteiger partial charge in [-0.25, -0.2) is 18.2 Å². The third kappa shape index (κ3) is 9.53. The monoisotopic (exact) mass is 913 g/mol. The number of imide groups is 1. The SMILES string of the molecule is C=CN=C(c1cc(Cl)c(-c2c(F)cccc2OCCc2cn(CCN3CCC(c4cc(F)cc5c4CN(C4CCC(=O)NC4=O)C5=O)CC3)nn2)c(F)c1C)N1CCN(C(=O)CC)CC1. The molecular weight excluding hydrogens is 863 g/mol. The summed E-state index contributed by atoms with van der Waals surface area (Å²) in [6.07, 6.45) is 5.86. The molecular formula is C47H51ClF3N9O5. The van der Waals surface area contributed by atoms with E-state index in [9.17, 15) is 23.6 Å². The number of aliphatic imine (C=N–C) groups is 1. The van der Waals surface area contributed by atoms with Crippen molar-refractivity contribution in [1.29, 1.82) is 0 Å². The van der Waals surface area contributed by atoms with Gasteiger partial charge in [0.05, 0.1) is 29.4 Å². The second-order valence-corrected chi connectivity index (χ2v) is 17.2. The van der Waals surface area contributed by atoms with Crippen molar-refractivity contribution >= 4 is 41.1 Å². The number of piperazine rings is 1. The highest BCUT2D eigenvalue weighted by molar-refractivity contribution is 6.34. The normalized spacial score (nSPS) is 18.6. The molecule has 65 heavy (non-hydrogen) atoms. The maximum atomic E-state index is 16.5. The number of fused-ring (bicyclic) bond motifs is 1. The first kappa shape index (κ1) is 45.5. The van der Waals surface area contributed by atoms with Gasteiger partial charge in [-0.15, -0.1) is 5.10 Å². The minimum atomic E-state index is -0.765. The quantitative estimate of drug-likeness (QED) is 0.0966. The molecule has 18 heteroatoms. The first-order chi connectivity index (χ1) is 31.3. The molecule has 3 aromatic carbocycles. The van der Waals surface area contributed by atoms with Crippen LogP contribution in [0.25, 0.3) is 11.1 Å². The number of rotatable bonds is 13. The Labute approximate surface area is 380 Å². The number of hydrogen-bond acceptors (Lipinski definition) is 9. The number of benzene rings is 3. The van der Waals surface area contributed by atoms with Gasteiger partial charge < -0.3 is 24.3 Å². The molecule has 342 valence electrons. The number of nitrogens with one attached hydrogen (secondary N) is 1. The van der Waals surface area contributed by atoms with E-state index in [2.05, 4.69) is 32.1 Å². The van der Waals surface area contributed by atoms with Crippen LogP contribution in [0.1, 0.15) is 83.3 Å². The zero-order valence-electron chi connectivity index (χ0n) is 36.4. The molecule has 1 atom stereocenters. The molecule has 3 saturated heterocycles.